The fourth-order valence-electron chi connectivity index (χ4n) is 2.27. The Balaban J connectivity index is 1.78. The van der Waals surface area contributed by atoms with Crippen LogP contribution < -0.4 is 5.73 Å². The Morgan fingerprint density at radius 1 is 1.09 bits per heavy atom. The first-order valence-electron chi connectivity index (χ1n) is 7.19. The monoisotopic (exact) mass is 326 g/mol. The van der Waals surface area contributed by atoms with Gasteiger partial charge >= 0.3 is 0 Å². The smallest absolute Gasteiger partial charge is 0.250 e. The molecule has 2 aromatic carbocycles. The molecule has 0 bridgehead atoms. The Hall–Kier alpha value is -2.66. The van der Waals surface area contributed by atoms with Crippen molar-refractivity contribution in [2.24, 2.45) is 0 Å². The molecule has 0 radical (unpaired) electrons. The van der Waals surface area contributed by atoms with E-state index >= 15 is 0 Å². The van der Waals surface area contributed by atoms with Crippen molar-refractivity contribution >= 4 is 23.5 Å². The lowest BCUT2D eigenvalue weighted by molar-refractivity contribution is 0.0890. The molecule has 0 atom stereocenters. The van der Waals surface area contributed by atoms with E-state index in [9.17, 15) is 4.79 Å². The maximum atomic E-state index is 12.3. The van der Waals surface area contributed by atoms with E-state index in [0.29, 0.717) is 29.3 Å². The van der Waals surface area contributed by atoms with Crippen LogP contribution in [0, 0.1) is 0 Å². The van der Waals surface area contributed by atoms with Crippen molar-refractivity contribution in [3.8, 4) is 11.4 Å². The molecule has 5 nitrogen and oxygen atoms in total. The van der Waals surface area contributed by atoms with E-state index in [1.54, 1.807) is 12.1 Å². The standard InChI is InChI=1S/C17H15ClN4O/c18-14-9-5-4-8-13(14)16-20-17(19)22(21-16)15(23)11-10-12-6-2-1-3-7-12/h1-9H,10-11H2,(H2,19,20,21). The molecule has 0 aliphatic rings. The molecular formula is C17H15ClN4O. The molecule has 3 rings (SSSR count). The van der Waals surface area contributed by atoms with E-state index in [1.807, 2.05) is 42.5 Å². The van der Waals surface area contributed by atoms with E-state index in [-0.39, 0.29) is 11.9 Å². The molecule has 116 valence electrons. The molecule has 0 saturated heterocycles. The van der Waals surface area contributed by atoms with Gasteiger partial charge in [-0.1, -0.05) is 54.1 Å². The molecule has 0 aliphatic carbocycles. The van der Waals surface area contributed by atoms with Crippen LogP contribution in [0.25, 0.3) is 11.4 Å². The van der Waals surface area contributed by atoms with Crippen LogP contribution in [0.4, 0.5) is 5.95 Å². The zero-order valence-electron chi connectivity index (χ0n) is 12.3. The third-order valence-electron chi connectivity index (χ3n) is 3.45. The van der Waals surface area contributed by atoms with Gasteiger partial charge in [-0.2, -0.15) is 9.67 Å². The molecule has 0 spiro atoms. The third kappa shape index (κ3) is 3.40. The number of aryl methyl sites for hydroxylation is 1. The van der Waals surface area contributed by atoms with Gasteiger partial charge in [0.2, 0.25) is 11.9 Å². The summed E-state index contributed by atoms with van der Waals surface area (Å²) in [7, 11) is 0. The molecule has 2 N–H and O–H groups in total. The second kappa shape index (κ2) is 6.62. The summed E-state index contributed by atoms with van der Waals surface area (Å²) >= 11 is 6.13. The summed E-state index contributed by atoms with van der Waals surface area (Å²) < 4.78 is 1.14. The number of halogens is 1. The number of anilines is 1. The van der Waals surface area contributed by atoms with Crippen LogP contribution in [0.2, 0.25) is 5.02 Å². The van der Waals surface area contributed by atoms with Crippen molar-refractivity contribution in [2.75, 3.05) is 5.73 Å². The highest BCUT2D eigenvalue weighted by Gasteiger charge is 2.16. The number of benzene rings is 2. The number of nitrogen functional groups attached to an aromatic ring is 1. The van der Waals surface area contributed by atoms with Crippen LogP contribution in [0.15, 0.2) is 54.6 Å². The first-order chi connectivity index (χ1) is 11.1. The van der Waals surface area contributed by atoms with Crippen LogP contribution in [-0.2, 0) is 6.42 Å². The number of rotatable bonds is 4. The minimum absolute atomic E-state index is 0.0676. The van der Waals surface area contributed by atoms with Crippen molar-refractivity contribution in [3.63, 3.8) is 0 Å². The predicted molar refractivity (Wildman–Crippen MR) is 90.3 cm³/mol. The first kappa shape index (κ1) is 15.2. The lowest BCUT2D eigenvalue weighted by Gasteiger charge is -2.02. The van der Waals surface area contributed by atoms with Crippen molar-refractivity contribution in [3.05, 3.63) is 65.2 Å². The molecule has 0 aliphatic heterocycles. The van der Waals surface area contributed by atoms with E-state index in [1.165, 1.54) is 0 Å². The average Bonchev–Trinajstić information content (AvgIpc) is 2.96. The molecule has 3 aromatic rings. The molecule has 0 unspecified atom stereocenters. The number of hydrogen-bond acceptors (Lipinski definition) is 4. The minimum atomic E-state index is -0.197. The number of carbonyl (C=O) groups excluding carboxylic acids is 1. The van der Waals surface area contributed by atoms with Crippen LogP contribution >= 0.6 is 11.6 Å². The average molecular weight is 327 g/mol. The highest BCUT2D eigenvalue weighted by atomic mass is 35.5. The topological polar surface area (TPSA) is 73.8 Å². The van der Waals surface area contributed by atoms with Gasteiger partial charge in [-0.05, 0) is 24.1 Å². The number of nitrogens with two attached hydrogens (primary N) is 1. The molecule has 0 amide bonds. The summed E-state index contributed by atoms with van der Waals surface area (Å²) in [6.07, 6.45) is 0.930. The SMILES string of the molecule is Nc1nc(-c2ccccc2Cl)nn1C(=O)CCc1ccccc1. The number of carbonyl (C=O) groups is 1. The van der Waals surface area contributed by atoms with E-state index in [2.05, 4.69) is 10.1 Å². The Kier molecular flexibility index (Phi) is 4.39. The van der Waals surface area contributed by atoms with Crippen LogP contribution in [-0.4, -0.2) is 20.7 Å². The largest absolute Gasteiger partial charge is 0.368 e. The second-order valence-electron chi connectivity index (χ2n) is 5.06. The Morgan fingerprint density at radius 3 is 2.52 bits per heavy atom. The Bertz CT molecular complexity index is 830. The molecular weight excluding hydrogens is 312 g/mol. The van der Waals surface area contributed by atoms with Gasteiger partial charge in [0, 0.05) is 12.0 Å². The summed E-state index contributed by atoms with van der Waals surface area (Å²) in [4.78, 5) is 16.5. The van der Waals surface area contributed by atoms with Gasteiger partial charge in [-0.25, -0.2) is 0 Å². The third-order valence-corrected chi connectivity index (χ3v) is 3.78. The first-order valence-corrected chi connectivity index (χ1v) is 7.57. The molecule has 0 fully saturated rings. The predicted octanol–water partition coefficient (Wildman–Crippen LogP) is 3.45. The Labute approximate surface area is 138 Å². The van der Waals surface area contributed by atoms with E-state index < -0.39 is 0 Å². The van der Waals surface area contributed by atoms with Crippen LogP contribution in [0.3, 0.4) is 0 Å². The summed E-state index contributed by atoms with van der Waals surface area (Å²) in [6, 6.07) is 17.0. The summed E-state index contributed by atoms with van der Waals surface area (Å²) in [6.45, 7) is 0. The van der Waals surface area contributed by atoms with Gasteiger partial charge in [0.25, 0.3) is 0 Å². The number of nitrogens with zero attached hydrogens (tertiary/aromatic N) is 3. The zero-order chi connectivity index (χ0) is 16.2. The summed E-state index contributed by atoms with van der Waals surface area (Å²) in [5, 5.41) is 4.71. The fourth-order valence-corrected chi connectivity index (χ4v) is 2.49. The van der Waals surface area contributed by atoms with Gasteiger partial charge in [0.05, 0.1) is 5.02 Å². The normalized spacial score (nSPS) is 10.7. The highest BCUT2D eigenvalue weighted by Crippen LogP contribution is 2.25. The van der Waals surface area contributed by atoms with E-state index in [4.69, 9.17) is 17.3 Å². The highest BCUT2D eigenvalue weighted by molar-refractivity contribution is 6.33. The van der Waals surface area contributed by atoms with E-state index in [0.717, 1.165) is 10.2 Å². The van der Waals surface area contributed by atoms with Gasteiger partial charge in [0.15, 0.2) is 5.82 Å². The molecule has 1 aromatic heterocycles. The number of aromatic nitrogens is 3. The maximum absolute atomic E-state index is 12.3. The zero-order valence-corrected chi connectivity index (χ0v) is 13.1. The van der Waals surface area contributed by atoms with Crippen LogP contribution in [0.5, 0.6) is 0 Å². The van der Waals surface area contributed by atoms with Gasteiger partial charge in [-0.3, -0.25) is 4.79 Å². The Morgan fingerprint density at radius 2 is 1.78 bits per heavy atom. The molecule has 6 heteroatoms. The lowest BCUT2D eigenvalue weighted by atomic mass is 10.1. The fraction of sp³-hybridized carbons (Fsp3) is 0.118. The van der Waals surface area contributed by atoms with Crippen molar-refractivity contribution in [1.82, 2.24) is 14.8 Å². The quantitative estimate of drug-likeness (QED) is 0.796. The van der Waals surface area contributed by atoms with Gasteiger partial charge in [0.1, 0.15) is 0 Å². The lowest BCUT2D eigenvalue weighted by Crippen LogP contribution is -2.15. The molecule has 23 heavy (non-hydrogen) atoms. The molecule has 0 saturated carbocycles. The summed E-state index contributed by atoms with van der Waals surface area (Å²) in [5.74, 6) is 0.219. The van der Waals surface area contributed by atoms with Crippen molar-refractivity contribution in [1.29, 1.82) is 0 Å². The second-order valence-corrected chi connectivity index (χ2v) is 5.47. The van der Waals surface area contributed by atoms with Gasteiger partial charge in [-0.15, -0.1) is 5.10 Å². The maximum Gasteiger partial charge on any atom is 0.250 e. The number of hydrogen-bond donors (Lipinski definition) is 1. The van der Waals surface area contributed by atoms with Crippen LogP contribution in [0.1, 0.15) is 16.8 Å². The molecule has 1 heterocycles. The minimum Gasteiger partial charge on any atom is -0.368 e. The van der Waals surface area contributed by atoms with Crippen molar-refractivity contribution < 1.29 is 4.79 Å². The summed E-state index contributed by atoms with van der Waals surface area (Å²) in [5.41, 5.74) is 7.56. The van der Waals surface area contributed by atoms with Crippen molar-refractivity contribution in [2.45, 2.75) is 12.8 Å². The van der Waals surface area contributed by atoms with Gasteiger partial charge < -0.3 is 5.73 Å².